The van der Waals surface area contributed by atoms with Crippen molar-refractivity contribution in [3.05, 3.63) is 64.2 Å². The van der Waals surface area contributed by atoms with Crippen LogP contribution in [0.25, 0.3) is 0 Å². The van der Waals surface area contributed by atoms with E-state index in [4.69, 9.17) is 14.5 Å². The first-order chi connectivity index (χ1) is 19.0. The molecule has 0 saturated carbocycles. The highest BCUT2D eigenvalue weighted by Crippen LogP contribution is 2.34. The van der Waals surface area contributed by atoms with E-state index < -0.39 is 23.9 Å². The zero-order chi connectivity index (χ0) is 27.2. The van der Waals surface area contributed by atoms with Gasteiger partial charge in [-0.3, -0.25) is 14.7 Å². The van der Waals surface area contributed by atoms with Crippen LogP contribution in [0.4, 0.5) is 4.39 Å². The van der Waals surface area contributed by atoms with Gasteiger partial charge >= 0.3 is 5.97 Å². The number of aryl methyl sites for hydroxylation is 3. The summed E-state index contributed by atoms with van der Waals surface area (Å²) in [5.41, 5.74) is 4.51. The Hall–Kier alpha value is -2.39. The molecule has 2 aliphatic heterocycles. The molecule has 3 heterocycles. The fraction of sp³-hybridized carbons (Fsp3) is 0.613. The van der Waals surface area contributed by atoms with Gasteiger partial charge in [0.25, 0.3) is 0 Å². The van der Waals surface area contributed by atoms with Crippen LogP contribution in [0.1, 0.15) is 79.1 Å². The predicted octanol–water partition coefficient (Wildman–Crippen LogP) is 4.63. The molecule has 0 bridgehead atoms. The summed E-state index contributed by atoms with van der Waals surface area (Å²) in [6.07, 6.45) is 9.04. The molecule has 1 aliphatic carbocycles. The van der Waals surface area contributed by atoms with Crippen LogP contribution < -0.4 is 0 Å². The molecule has 2 fully saturated rings. The summed E-state index contributed by atoms with van der Waals surface area (Å²) >= 11 is 0. The minimum Gasteiger partial charge on any atom is -0.480 e. The van der Waals surface area contributed by atoms with E-state index in [1.165, 1.54) is 30.2 Å². The van der Waals surface area contributed by atoms with Gasteiger partial charge < -0.3 is 19.7 Å². The van der Waals surface area contributed by atoms with Crippen molar-refractivity contribution in [3.63, 3.8) is 0 Å². The van der Waals surface area contributed by atoms with Gasteiger partial charge in [0.1, 0.15) is 11.9 Å². The molecule has 0 spiro atoms. The Balaban J connectivity index is 1.14. The number of carboxylic acid groups (broad SMARTS) is 1. The smallest absolute Gasteiger partial charge is 0.325 e. The lowest BCUT2D eigenvalue weighted by Crippen LogP contribution is -2.34. The number of fused-ring (bicyclic) bond motifs is 1. The van der Waals surface area contributed by atoms with Crippen LogP contribution >= 0.6 is 0 Å². The number of pyridine rings is 1. The topological polar surface area (TPSA) is 92.1 Å². The van der Waals surface area contributed by atoms with Crippen molar-refractivity contribution in [2.45, 2.75) is 89.1 Å². The molecule has 212 valence electrons. The van der Waals surface area contributed by atoms with Gasteiger partial charge in [0.15, 0.2) is 0 Å². The molecule has 0 amide bonds. The fourth-order valence-corrected chi connectivity index (χ4v) is 6.34. The van der Waals surface area contributed by atoms with Gasteiger partial charge in [-0.1, -0.05) is 24.6 Å². The van der Waals surface area contributed by atoms with Crippen molar-refractivity contribution in [2.75, 3.05) is 26.3 Å². The third-order valence-electron chi connectivity index (χ3n) is 8.62. The first-order valence-electron chi connectivity index (χ1n) is 14.6. The zero-order valence-electron chi connectivity index (χ0n) is 22.7. The molecular weight excluding hydrogens is 499 g/mol. The number of carbonyl (C=O) groups is 1. The molecule has 1 aromatic heterocycles. The van der Waals surface area contributed by atoms with Gasteiger partial charge in [-0.05, 0) is 93.5 Å². The predicted molar refractivity (Wildman–Crippen MR) is 145 cm³/mol. The number of ether oxygens (including phenoxy) is 2. The minimum atomic E-state index is -1.02. The van der Waals surface area contributed by atoms with E-state index in [0.717, 1.165) is 50.6 Å². The van der Waals surface area contributed by atoms with Crippen LogP contribution in [-0.2, 0) is 40.1 Å². The van der Waals surface area contributed by atoms with Crippen molar-refractivity contribution in [1.29, 1.82) is 0 Å². The van der Waals surface area contributed by atoms with Crippen molar-refractivity contribution >= 4 is 5.97 Å². The Kier molecular flexibility index (Phi) is 9.61. The largest absolute Gasteiger partial charge is 0.480 e. The minimum absolute atomic E-state index is 0.00221. The van der Waals surface area contributed by atoms with Crippen LogP contribution in [0, 0.1) is 11.7 Å². The van der Waals surface area contributed by atoms with Crippen molar-refractivity contribution < 1.29 is 28.9 Å². The number of likely N-dealkylation sites (tertiary alicyclic amines) is 1. The molecule has 1 aromatic carbocycles. The number of nitrogens with zero attached hydrogens (tertiary/aromatic N) is 2. The first-order valence-corrected chi connectivity index (χ1v) is 14.6. The van der Waals surface area contributed by atoms with Crippen LogP contribution in [-0.4, -0.2) is 64.6 Å². The number of unbranched alkanes of at least 4 members (excludes halogenated alkanes) is 1. The molecular formula is C31H41FN2O5. The van der Waals surface area contributed by atoms with Crippen molar-refractivity contribution in [2.24, 2.45) is 5.92 Å². The molecule has 0 radical (unpaired) electrons. The average Bonchev–Trinajstić information content (AvgIpc) is 3.63. The maximum atomic E-state index is 14.9. The van der Waals surface area contributed by atoms with Crippen molar-refractivity contribution in [3.8, 4) is 0 Å². The van der Waals surface area contributed by atoms with Gasteiger partial charge in [-0.25, -0.2) is 4.39 Å². The number of benzene rings is 1. The lowest BCUT2D eigenvalue weighted by atomic mass is 9.94. The number of hydrogen-bond acceptors (Lipinski definition) is 6. The lowest BCUT2D eigenvalue weighted by molar-refractivity contribution is -0.143. The normalized spacial score (nSPS) is 23.0. The highest BCUT2D eigenvalue weighted by atomic mass is 19.1. The number of aromatic nitrogens is 1. The molecule has 2 saturated heterocycles. The monoisotopic (exact) mass is 540 g/mol. The lowest BCUT2D eigenvalue weighted by Gasteiger charge is -2.27. The molecule has 2 N–H and O–H groups in total. The molecule has 4 atom stereocenters. The van der Waals surface area contributed by atoms with E-state index in [-0.39, 0.29) is 24.2 Å². The third-order valence-corrected chi connectivity index (χ3v) is 8.62. The molecule has 8 heteroatoms. The molecule has 39 heavy (non-hydrogen) atoms. The maximum Gasteiger partial charge on any atom is 0.325 e. The summed E-state index contributed by atoms with van der Waals surface area (Å²) in [4.78, 5) is 19.2. The first kappa shape index (κ1) is 28.1. The van der Waals surface area contributed by atoms with Crippen LogP contribution in [0.5, 0.6) is 0 Å². The Labute approximate surface area is 230 Å². The summed E-state index contributed by atoms with van der Waals surface area (Å²) in [6, 6.07) is 7.99. The highest BCUT2D eigenvalue weighted by molar-refractivity contribution is 5.76. The molecule has 3 aliphatic rings. The summed E-state index contributed by atoms with van der Waals surface area (Å²) < 4.78 is 26.0. The van der Waals surface area contributed by atoms with Crippen molar-refractivity contribution in [1.82, 2.24) is 9.88 Å². The molecule has 7 nitrogen and oxygen atoms in total. The summed E-state index contributed by atoms with van der Waals surface area (Å²) in [5, 5.41) is 21.1. The Bertz CT molecular complexity index is 1120. The average molecular weight is 541 g/mol. The second-order valence-corrected chi connectivity index (χ2v) is 11.3. The number of aliphatic carboxylic acids is 1. The fourth-order valence-electron chi connectivity index (χ4n) is 6.34. The number of aliphatic hydroxyl groups excluding tert-OH is 1. The van der Waals surface area contributed by atoms with E-state index in [0.29, 0.717) is 38.3 Å². The quantitative estimate of drug-likeness (QED) is 0.380. The van der Waals surface area contributed by atoms with Gasteiger partial charge in [0, 0.05) is 30.1 Å². The molecule has 5 rings (SSSR count). The van der Waals surface area contributed by atoms with Crippen LogP contribution in [0.15, 0.2) is 30.3 Å². The maximum absolute atomic E-state index is 14.9. The summed E-state index contributed by atoms with van der Waals surface area (Å²) in [7, 11) is 0. The third kappa shape index (κ3) is 7.04. The van der Waals surface area contributed by atoms with E-state index in [1.54, 1.807) is 12.1 Å². The van der Waals surface area contributed by atoms with Gasteiger partial charge in [-0.15, -0.1) is 0 Å². The summed E-state index contributed by atoms with van der Waals surface area (Å²) in [5.74, 6) is -1.47. The van der Waals surface area contributed by atoms with E-state index in [9.17, 15) is 19.4 Å². The highest BCUT2D eigenvalue weighted by Gasteiger charge is 2.37. The zero-order valence-corrected chi connectivity index (χ0v) is 22.7. The number of hydrogen-bond donors (Lipinski definition) is 2. The number of halogens is 1. The van der Waals surface area contributed by atoms with Crippen LogP contribution in [0.2, 0.25) is 0 Å². The second kappa shape index (κ2) is 13.3. The Morgan fingerprint density at radius 3 is 2.87 bits per heavy atom. The molecule has 3 unspecified atom stereocenters. The van der Waals surface area contributed by atoms with Gasteiger partial charge in [0.2, 0.25) is 0 Å². The number of aliphatic hydroxyl groups is 1. The Morgan fingerprint density at radius 1 is 1.18 bits per heavy atom. The van der Waals surface area contributed by atoms with E-state index in [1.807, 2.05) is 4.90 Å². The SMILES string of the molecule is O=C(O)C(c1cccc(F)c1COC1CCOC1)N1CC[C@@H](C(O)CCCCc2ccc3c(n2)CCCC3)C1. The van der Waals surface area contributed by atoms with Gasteiger partial charge in [-0.2, -0.15) is 0 Å². The Morgan fingerprint density at radius 2 is 2.05 bits per heavy atom. The molecule has 2 aromatic rings. The summed E-state index contributed by atoms with van der Waals surface area (Å²) in [6.45, 7) is 2.12. The van der Waals surface area contributed by atoms with E-state index >= 15 is 0 Å². The number of carboxylic acids is 1. The standard InChI is InChI=1S/C31H41FN2O5/c32-27-9-5-8-25(26(27)20-39-24-15-17-38-19-24)30(31(36)37)34-16-14-22(18-34)29(35)11-4-2-7-23-13-12-21-6-1-3-10-28(21)33-23/h5,8-9,12-13,22,24,29-30,35H,1-4,6-7,10-11,14-20H2,(H,36,37)/t22-,24?,29?,30?/m1/s1. The number of rotatable bonds is 12. The van der Waals surface area contributed by atoms with Crippen LogP contribution in [0.3, 0.4) is 0 Å². The van der Waals surface area contributed by atoms with E-state index in [2.05, 4.69) is 12.1 Å². The van der Waals surface area contributed by atoms with Gasteiger partial charge in [0.05, 0.1) is 25.4 Å². The second-order valence-electron chi connectivity index (χ2n) is 11.3.